The second kappa shape index (κ2) is 5.87. The van der Waals surface area contributed by atoms with Crippen LogP contribution in [0.4, 0.5) is 0 Å². The van der Waals surface area contributed by atoms with Crippen LogP contribution in [0.1, 0.15) is 35.8 Å². The molecular weight excluding hydrogens is 246 g/mol. The molecule has 0 aromatic carbocycles. The molecule has 0 spiro atoms. The lowest BCUT2D eigenvalue weighted by atomic mass is 10.2. The molecular formula is C14H17NO2S. The highest BCUT2D eigenvalue weighted by atomic mass is 32.1. The monoisotopic (exact) mass is 263 g/mol. The lowest BCUT2D eigenvalue weighted by Crippen LogP contribution is -2.26. The first-order valence-corrected chi connectivity index (χ1v) is 6.91. The molecule has 0 radical (unpaired) electrons. The molecule has 1 amide bonds. The highest BCUT2D eigenvalue weighted by Crippen LogP contribution is 2.16. The number of amides is 1. The molecule has 2 aromatic rings. The highest BCUT2D eigenvalue weighted by molar-refractivity contribution is 7.09. The van der Waals surface area contributed by atoms with E-state index in [0.717, 1.165) is 17.9 Å². The Morgan fingerprint density at radius 1 is 1.44 bits per heavy atom. The molecule has 2 aromatic heterocycles. The summed E-state index contributed by atoms with van der Waals surface area (Å²) < 4.78 is 5.48. The fourth-order valence-electron chi connectivity index (χ4n) is 1.76. The van der Waals surface area contributed by atoms with E-state index < -0.39 is 0 Å². The largest absolute Gasteiger partial charge is 0.464 e. The van der Waals surface area contributed by atoms with Crippen LogP contribution in [0.25, 0.3) is 0 Å². The zero-order valence-corrected chi connectivity index (χ0v) is 11.4. The van der Waals surface area contributed by atoms with Gasteiger partial charge in [0.15, 0.2) is 0 Å². The van der Waals surface area contributed by atoms with Gasteiger partial charge in [-0.15, -0.1) is 11.3 Å². The van der Waals surface area contributed by atoms with E-state index in [1.807, 2.05) is 37.4 Å². The smallest absolute Gasteiger partial charge is 0.220 e. The summed E-state index contributed by atoms with van der Waals surface area (Å²) in [5.74, 6) is 1.73. The number of nitrogens with one attached hydrogen (secondary N) is 1. The van der Waals surface area contributed by atoms with Crippen molar-refractivity contribution in [2.75, 3.05) is 0 Å². The number of aryl methyl sites for hydroxylation is 2. The lowest BCUT2D eigenvalue weighted by molar-refractivity contribution is -0.121. The normalized spacial score (nSPS) is 12.3. The quantitative estimate of drug-likeness (QED) is 0.897. The van der Waals surface area contributed by atoms with Crippen molar-refractivity contribution in [1.29, 1.82) is 0 Å². The number of rotatable bonds is 5. The molecule has 0 saturated heterocycles. The second-order valence-electron chi connectivity index (χ2n) is 4.32. The minimum atomic E-state index is -0.0745. The molecule has 0 saturated carbocycles. The average molecular weight is 263 g/mol. The Morgan fingerprint density at radius 3 is 2.89 bits per heavy atom. The number of furan rings is 1. The topological polar surface area (TPSA) is 42.2 Å². The fraction of sp³-hybridized carbons (Fsp3) is 0.357. The van der Waals surface area contributed by atoms with E-state index in [9.17, 15) is 4.79 Å². The van der Waals surface area contributed by atoms with Crippen LogP contribution in [0, 0.1) is 6.92 Å². The van der Waals surface area contributed by atoms with Gasteiger partial charge in [-0.25, -0.2) is 0 Å². The van der Waals surface area contributed by atoms with E-state index in [4.69, 9.17) is 4.42 Å². The summed E-state index contributed by atoms with van der Waals surface area (Å²) in [6.07, 6.45) is 1.32. The molecule has 1 atom stereocenters. The van der Waals surface area contributed by atoms with Crippen molar-refractivity contribution in [2.24, 2.45) is 0 Å². The molecule has 0 unspecified atom stereocenters. The molecule has 4 heteroatoms. The Kier molecular flexibility index (Phi) is 4.20. The Balaban J connectivity index is 1.80. The molecule has 0 aliphatic heterocycles. The molecule has 0 aliphatic carbocycles. The van der Waals surface area contributed by atoms with Gasteiger partial charge in [0.1, 0.15) is 11.5 Å². The Labute approximate surface area is 111 Å². The molecule has 3 nitrogen and oxygen atoms in total. The molecule has 96 valence electrons. The van der Waals surface area contributed by atoms with Gasteiger partial charge in [0.05, 0.1) is 6.04 Å². The minimum absolute atomic E-state index is 0.0601. The maximum absolute atomic E-state index is 11.8. The van der Waals surface area contributed by atoms with Gasteiger partial charge in [0.2, 0.25) is 5.91 Å². The third-order valence-electron chi connectivity index (χ3n) is 2.74. The minimum Gasteiger partial charge on any atom is -0.464 e. The standard InChI is InChI=1S/C14H17NO2S/c1-10-5-7-13(17-10)11(2)15-14(16)8-6-12-4-3-9-18-12/h3-5,7,9,11H,6,8H2,1-2H3,(H,15,16)/t11-/m1/s1. The highest BCUT2D eigenvalue weighted by Gasteiger charge is 2.12. The van der Waals surface area contributed by atoms with Crippen molar-refractivity contribution < 1.29 is 9.21 Å². The van der Waals surface area contributed by atoms with Crippen molar-refractivity contribution in [3.8, 4) is 0 Å². The summed E-state index contributed by atoms with van der Waals surface area (Å²) in [7, 11) is 0. The van der Waals surface area contributed by atoms with Gasteiger partial charge >= 0.3 is 0 Å². The number of carbonyl (C=O) groups is 1. The van der Waals surface area contributed by atoms with E-state index in [2.05, 4.69) is 11.4 Å². The Bertz CT molecular complexity index is 502. The van der Waals surface area contributed by atoms with Crippen LogP contribution in [0.2, 0.25) is 0 Å². The maximum atomic E-state index is 11.8. The predicted molar refractivity (Wildman–Crippen MR) is 72.6 cm³/mol. The van der Waals surface area contributed by atoms with Crippen LogP contribution in [0.5, 0.6) is 0 Å². The summed E-state index contributed by atoms with van der Waals surface area (Å²) in [6, 6.07) is 7.79. The van der Waals surface area contributed by atoms with Crippen molar-refractivity contribution in [2.45, 2.75) is 32.7 Å². The summed E-state index contributed by atoms with van der Waals surface area (Å²) in [5, 5.41) is 4.97. The van der Waals surface area contributed by atoms with Crippen LogP contribution >= 0.6 is 11.3 Å². The average Bonchev–Trinajstić information content (AvgIpc) is 2.97. The summed E-state index contributed by atoms with van der Waals surface area (Å²) in [5.41, 5.74) is 0. The Hall–Kier alpha value is -1.55. The summed E-state index contributed by atoms with van der Waals surface area (Å²) in [4.78, 5) is 13.0. The van der Waals surface area contributed by atoms with Crippen LogP contribution in [0.3, 0.4) is 0 Å². The maximum Gasteiger partial charge on any atom is 0.220 e. The van der Waals surface area contributed by atoms with Gasteiger partial charge in [0.25, 0.3) is 0 Å². The molecule has 1 N–H and O–H groups in total. The molecule has 2 heterocycles. The van der Waals surface area contributed by atoms with Gasteiger partial charge < -0.3 is 9.73 Å². The predicted octanol–water partition coefficient (Wildman–Crippen LogP) is 3.46. The second-order valence-corrected chi connectivity index (χ2v) is 5.35. The number of hydrogen-bond donors (Lipinski definition) is 1. The van der Waals surface area contributed by atoms with Gasteiger partial charge in [-0.3, -0.25) is 4.79 Å². The van der Waals surface area contributed by atoms with E-state index >= 15 is 0 Å². The summed E-state index contributed by atoms with van der Waals surface area (Å²) >= 11 is 1.68. The summed E-state index contributed by atoms with van der Waals surface area (Å²) in [6.45, 7) is 3.83. The molecule has 0 fully saturated rings. The third-order valence-corrected chi connectivity index (χ3v) is 3.68. The van der Waals surface area contributed by atoms with Crippen molar-refractivity contribution in [1.82, 2.24) is 5.32 Å². The zero-order valence-electron chi connectivity index (χ0n) is 10.6. The van der Waals surface area contributed by atoms with Gasteiger partial charge in [-0.2, -0.15) is 0 Å². The molecule has 2 rings (SSSR count). The molecule has 0 bridgehead atoms. The SMILES string of the molecule is Cc1ccc([C@@H](C)NC(=O)CCc2cccs2)o1. The lowest BCUT2D eigenvalue weighted by Gasteiger charge is -2.11. The first-order valence-electron chi connectivity index (χ1n) is 6.03. The fourth-order valence-corrected chi connectivity index (χ4v) is 2.47. The van der Waals surface area contributed by atoms with Crippen LogP contribution < -0.4 is 5.32 Å². The first-order chi connectivity index (χ1) is 8.65. The Morgan fingerprint density at radius 2 is 2.28 bits per heavy atom. The van der Waals surface area contributed by atoms with Crippen molar-refractivity contribution in [3.63, 3.8) is 0 Å². The van der Waals surface area contributed by atoms with Crippen molar-refractivity contribution >= 4 is 17.2 Å². The van der Waals surface area contributed by atoms with Crippen LogP contribution in [0.15, 0.2) is 34.1 Å². The first kappa shape index (κ1) is 12.9. The van der Waals surface area contributed by atoms with E-state index in [0.29, 0.717) is 6.42 Å². The van der Waals surface area contributed by atoms with E-state index in [1.54, 1.807) is 11.3 Å². The third kappa shape index (κ3) is 3.47. The van der Waals surface area contributed by atoms with Crippen molar-refractivity contribution in [3.05, 3.63) is 46.0 Å². The van der Waals surface area contributed by atoms with E-state index in [1.165, 1.54) is 4.88 Å². The molecule has 0 aliphatic rings. The van der Waals surface area contributed by atoms with Crippen LogP contribution in [-0.2, 0) is 11.2 Å². The number of hydrogen-bond acceptors (Lipinski definition) is 3. The van der Waals surface area contributed by atoms with Gasteiger partial charge in [-0.1, -0.05) is 6.07 Å². The number of thiophene rings is 1. The zero-order chi connectivity index (χ0) is 13.0. The van der Waals surface area contributed by atoms with Gasteiger partial charge in [-0.05, 0) is 43.8 Å². The number of carbonyl (C=O) groups excluding carboxylic acids is 1. The molecule has 18 heavy (non-hydrogen) atoms. The van der Waals surface area contributed by atoms with Gasteiger partial charge in [0, 0.05) is 11.3 Å². The van der Waals surface area contributed by atoms with E-state index in [-0.39, 0.29) is 11.9 Å². The van der Waals surface area contributed by atoms with Crippen LogP contribution in [-0.4, -0.2) is 5.91 Å².